The van der Waals surface area contributed by atoms with Gasteiger partial charge < -0.3 is 0 Å². The van der Waals surface area contributed by atoms with Crippen LogP contribution >= 0.6 is 0 Å². The summed E-state index contributed by atoms with van der Waals surface area (Å²) in [4.78, 5) is 0. The number of hydrogen-bond acceptors (Lipinski definition) is 0. The van der Waals surface area contributed by atoms with E-state index in [1.54, 1.807) is 38.5 Å². The van der Waals surface area contributed by atoms with Crippen molar-refractivity contribution in [3.63, 3.8) is 0 Å². The first-order valence-corrected chi connectivity index (χ1v) is 10.7. The quantitative estimate of drug-likeness (QED) is 0.459. The second kappa shape index (κ2) is 4.04. The van der Waals surface area contributed by atoms with Crippen LogP contribution in [0.3, 0.4) is 0 Å². The van der Waals surface area contributed by atoms with Crippen molar-refractivity contribution in [1.82, 2.24) is 0 Å². The molecule has 0 heterocycles. The summed E-state index contributed by atoms with van der Waals surface area (Å²) in [5.74, 6) is 3.03. The molecule has 0 N–H and O–H groups in total. The monoisotopic (exact) mass is 314 g/mol. The largest absolute Gasteiger partial charge is 0.0620 e. The zero-order chi connectivity index (χ0) is 16.3. The Balaban J connectivity index is 1.57. The van der Waals surface area contributed by atoms with E-state index in [0.29, 0.717) is 16.2 Å². The standard InChI is InChI=1S/C23H38/c1-16-9-12-22-15-23(22)14-13-20(4)10-6-11-21(20,5)18(23)8-7-17(22)19(16,2)3/h16-18H,6-15H2,1-5H3. The molecule has 0 aromatic heterocycles. The molecule has 5 aliphatic rings. The maximum Gasteiger partial charge on any atom is -0.0198 e. The van der Waals surface area contributed by atoms with Gasteiger partial charge in [-0.15, -0.1) is 0 Å². The van der Waals surface area contributed by atoms with Crippen molar-refractivity contribution < 1.29 is 0 Å². The van der Waals surface area contributed by atoms with Gasteiger partial charge in [-0.25, -0.2) is 0 Å². The minimum atomic E-state index is 0.587. The Kier molecular flexibility index (Phi) is 2.68. The van der Waals surface area contributed by atoms with E-state index in [-0.39, 0.29) is 0 Å². The Morgan fingerprint density at radius 2 is 1.39 bits per heavy atom. The van der Waals surface area contributed by atoms with E-state index < -0.39 is 0 Å². The van der Waals surface area contributed by atoms with Crippen LogP contribution in [0.4, 0.5) is 0 Å². The molecule has 0 saturated heterocycles. The minimum Gasteiger partial charge on any atom is -0.0620 e. The van der Waals surface area contributed by atoms with Crippen LogP contribution in [0.5, 0.6) is 0 Å². The van der Waals surface area contributed by atoms with Crippen LogP contribution in [-0.2, 0) is 0 Å². The summed E-state index contributed by atoms with van der Waals surface area (Å²) in [6, 6.07) is 0. The molecule has 0 radical (unpaired) electrons. The lowest BCUT2D eigenvalue weighted by atomic mass is 9.42. The summed E-state index contributed by atoms with van der Waals surface area (Å²) in [7, 11) is 0. The lowest BCUT2D eigenvalue weighted by Gasteiger charge is -2.62. The van der Waals surface area contributed by atoms with Crippen molar-refractivity contribution in [2.75, 3.05) is 0 Å². The third-order valence-electron chi connectivity index (χ3n) is 11.5. The second-order valence-corrected chi connectivity index (χ2v) is 11.8. The SMILES string of the molecule is CC1CCC23CC24CCC2(C)CCCC2(C)C4CCC3C1(C)C. The van der Waals surface area contributed by atoms with Crippen LogP contribution in [0.2, 0.25) is 0 Å². The van der Waals surface area contributed by atoms with Gasteiger partial charge in [-0.2, -0.15) is 0 Å². The average molecular weight is 315 g/mol. The Hall–Kier alpha value is 0. The van der Waals surface area contributed by atoms with Gasteiger partial charge in [-0.3, -0.25) is 0 Å². The summed E-state index contributed by atoms with van der Waals surface area (Å²) in [6.07, 6.45) is 15.5. The Bertz CT molecular complexity index is 546. The molecule has 5 rings (SSSR count). The molecule has 5 saturated carbocycles. The summed E-state index contributed by atoms with van der Waals surface area (Å²) in [6.45, 7) is 13.2. The predicted octanol–water partition coefficient (Wildman–Crippen LogP) is 6.84. The second-order valence-electron chi connectivity index (χ2n) is 11.8. The van der Waals surface area contributed by atoms with Gasteiger partial charge in [0.1, 0.15) is 0 Å². The lowest BCUT2D eigenvalue weighted by molar-refractivity contribution is -0.137. The van der Waals surface area contributed by atoms with E-state index in [4.69, 9.17) is 0 Å². The first-order chi connectivity index (χ1) is 10.7. The van der Waals surface area contributed by atoms with Gasteiger partial charge >= 0.3 is 0 Å². The Labute approximate surface area is 144 Å². The molecule has 0 aliphatic heterocycles. The van der Waals surface area contributed by atoms with Gasteiger partial charge in [0.15, 0.2) is 0 Å². The van der Waals surface area contributed by atoms with Crippen LogP contribution in [0.15, 0.2) is 0 Å². The highest BCUT2D eigenvalue weighted by Gasteiger charge is 2.81. The first-order valence-electron chi connectivity index (χ1n) is 10.7. The van der Waals surface area contributed by atoms with E-state index in [9.17, 15) is 0 Å². The highest BCUT2D eigenvalue weighted by molar-refractivity contribution is 5.29. The molecular weight excluding hydrogens is 276 g/mol. The van der Waals surface area contributed by atoms with Crippen molar-refractivity contribution in [2.24, 2.45) is 44.8 Å². The summed E-state index contributed by atoms with van der Waals surface area (Å²) >= 11 is 0. The molecular formula is C23H38. The number of fused-ring (bicyclic) bond motifs is 2. The van der Waals surface area contributed by atoms with E-state index in [0.717, 1.165) is 28.6 Å². The van der Waals surface area contributed by atoms with Gasteiger partial charge in [0.05, 0.1) is 0 Å². The zero-order valence-electron chi connectivity index (χ0n) is 16.3. The molecule has 2 spiro atoms. The summed E-state index contributed by atoms with van der Waals surface area (Å²) in [5, 5.41) is 0. The average Bonchev–Trinajstić information content (AvgIpc) is 3.06. The van der Waals surface area contributed by atoms with Gasteiger partial charge in [0, 0.05) is 0 Å². The van der Waals surface area contributed by atoms with Crippen molar-refractivity contribution in [3.05, 3.63) is 0 Å². The van der Waals surface area contributed by atoms with Gasteiger partial charge in [-0.1, -0.05) is 41.0 Å². The van der Waals surface area contributed by atoms with Crippen LogP contribution in [0.25, 0.3) is 0 Å². The van der Waals surface area contributed by atoms with Crippen molar-refractivity contribution in [1.29, 1.82) is 0 Å². The molecule has 130 valence electrons. The minimum absolute atomic E-state index is 0.587. The molecule has 23 heavy (non-hydrogen) atoms. The summed E-state index contributed by atoms with van der Waals surface area (Å²) < 4.78 is 0. The van der Waals surface area contributed by atoms with Crippen LogP contribution in [0, 0.1) is 44.8 Å². The molecule has 0 nitrogen and oxygen atoms in total. The molecule has 5 aliphatic carbocycles. The number of hydrogen-bond donors (Lipinski definition) is 0. The van der Waals surface area contributed by atoms with Crippen molar-refractivity contribution >= 4 is 0 Å². The van der Waals surface area contributed by atoms with Crippen molar-refractivity contribution in [3.8, 4) is 0 Å². The maximum absolute atomic E-state index is 2.73. The smallest absolute Gasteiger partial charge is 0.0198 e. The molecule has 5 fully saturated rings. The van der Waals surface area contributed by atoms with Gasteiger partial charge in [0.25, 0.3) is 0 Å². The van der Waals surface area contributed by atoms with E-state index in [1.807, 2.05) is 0 Å². The molecule has 7 atom stereocenters. The van der Waals surface area contributed by atoms with E-state index >= 15 is 0 Å². The summed E-state index contributed by atoms with van der Waals surface area (Å²) in [5.41, 5.74) is 3.50. The van der Waals surface area contributed by atoms with Gasteiger partial charge in [-0.05, 0) is 103 Å². The first kappa shape index (κ1) is 15.3. The third-order valence-corrected chi connectivity index (χ3v) is 11.5. The molecule has 0 heteroatoms. The fraction of sp³-hybridized carbons (Fsp3) is 1.00. The van der Waals surface area contributed by atoms with E-state index in [1.165, 1.54) is 25.7 Å². The molecule has 0 amide bonds. The highest BCUT2D eigenvalue weighted by atomic mass is 14.8. The Morgan fingerprint density at radius 3 is 2.17 bits per heavy atom. The molecule has 0 aromatic rings. The zero-order valence-corrected chi connectivity index (χ0v) is 16.3. The molecule has 0 bridgehead atoms. The fourth-order valence-corrected chi connectivity index (χ4v) is 9.51. The van der Waals surface area contributed by atoms with Crippen LogP contribution < -0.4 is 0 Å². The van der Waals surface area contributed by atoms with Gasteiger partial charge in [0.2, 0.25) is 0 Å². The Morgan fingerprint density at radius 1 is 0.696 bits per heavy atom. The lowest BCUT2D eigenvalue weighted by Crippen LogP contribution is -2.55. The van der Waals surface area contributed by atoms with E-state index in [2.05, 4.69) is 34.6 Å². The predicted molar refractivity (Wildman–Crippen MR) is 97.2 cm³/mol. The maximum atomic E-state index is 2.73. The molecule has 0 aromatic carbocycles. The highest BCUT2D eigenvalue weighted by Crippen LogP contribution is 2.88. The normalized spacial score (nSPS) is 62.7. The van der Waals surface area contributed by atoms with Crippen molar-refractivity contribution in [2.45, 2.75) is 98.8 Å². The fourth-order valence-electron chi connectivity index (χ4n) is 9.51. The van der Waals surface area contributed by atoms with Crippen LogP contribution in [-0.4, -0.2) is 0 Å². The van der Waals surface area contributed by atoms with Crippen LogP contribution in [0.1, 0.15) is 98.8 Å². The third kappa shape index (κ3) is 1.45. The number of rotatable bonds is 0. The topological polar surface area (TPSA) is 0 Å². The molecule has 7 unspecified atom stereocenters.